The van der Waals surface area contributed by atoms with Crippen molar-refractivity contribution in [2.24, 2.45) is 0 Å². The summed E-state index contributed by atoms with van der Waals surface area (Å²) in [6.45, 7) is 4.32. The molecular weight excluding hydrogens is 212 g/mol. The Morgan fingerprint density at radius 2 is 1.24 bits per heavy atom. The summed E-state index contributed by atoms with van der Waals surface area (Å²) < 4.78 is 0. The number of hydrogen-bond acceptors (Lipinski definition) is 2. The van der Waals surface area contributed by atoms with E-state index < -0.39 is 0 Å². The summed E-state index contributed by atoms with van der Waals surface area (Å²) in [6, 6.07) is 0. The molecule has 17 heavy (non-hydrogen) atoms. The molecule has 0 saturated carbocycles. The molecule has 0 aliphatic heterocycles. The lowest BCUT2D eigenvalue weighted by Crippen LogP contribution is -2.08. The summed E-state index contributed by atoms with van der Waals surface area (Å²) in [5.41, 5.74) is 0. The van der Waals surface area contributed by atoms with E-state index >= 15 is 0 Å². The van der Waals surface area contributed by atoms with Crippen molar-refractivity contribution in [3.8, 4) is 0 Å². The van der Waals surface area contributed by atoms with Crippen LogP contribution in [0.2, 0.25) is 0 Å². The van der Waals surface area contributed by atoms with Crippen molar-refractivity contribution in [3.05, 3.63) is 0 Å². The quantitative estimate of drug-likeness (QED) is 0.261. The smallest absolute Gasteiger partial charge is 0.0924 e. The van der Waals surface area contributed by atoms with E-state index in [1.807, 2.05) is 0 Å². The monoisotopic (exact) mass is 244 g/mol. The molecule has 0 aliphatic carbocycles. The van der Waals surface area contributed by atoms with E-state index in [1.165, 1.54) is 64.2 Å². The summed E-state index contributed by atoms with van der Waals surface area (Å²) in [5.74, 6) is 0. The van der Waals surface area contributed by atoms with Gasteiger partial charge in [-0.15, -0.1) is 0 Å². The van der Waals surface area contributed by atoms with Crippen LogP contribution in [0, 0.1) is 0 Å². The van der Waals surface area contributed by atoms with Gasteiger partial charge in [0, 0.05) is 0 Å². The van der Waals surface area contributed by atoms with Crippen LogP contribution in [0.5, 0.6) is 0 Å². The van der Waals surface area contributed by atoms with E-state index in [1.54, 1.807) is 0 Å². The van der Waals surface area contributed by atoms with Gasteiger partial charge < -0.3 is 0 Å². The van der Waals surface area contributed by atoms with Crippen LogP contribution in [0.3, 0.4) is 0 Å². The molecule has 0 heterocycles. The first-order valence-corrected chi connectivity index (χ1v) is 7.65. The molecule has 0 aliphatic rings. The lowest BCUT2D eigenvalue weighted by atomic mass is 10.0. The molecule has 2 nitrogen and oxygen atoms in total. The van der Waals surface area contributed by atoms with Gasteiger partial charge in [0.15, 0.2) is 0 Å². The zero-order valence-corrected chi connectivity index (χ0v) is 11.9. The van der Waals surface area contributed by atoms with Gasteiger partial charge in [-0.3, -0.25) is 5.26 Å². The molecular formula is C15H32O2. The SMILES string of the molecule is CCCCCCCCCCCCC(CC)OO. The minimum Gasteiger partial charge on any atom is -0.252 e. The molecule has 1 atom stereocenters. The van der Waals surface area contributed by atoms with Crippen LogP contribution in [0.4, 0.5) is 0 Å². The van der Waals surface area contributed by atoms with E-state index in [9.17, 15) is 0 Å². The number of unbranched alkanes of at least 4 members (excludes halogenated alkanes) is 9. The van der Waals surface area contributed by atoms with Crippen LogP contribution in [-0.2, 0) is 4.89 Å². The second-order valence-electron chi connectivity index (χ2n) is 5.11. The number of rotatable bonds is 13. The van der Waals surface area contributed by atoms with Crippen molar-refractivity contribution in [1.29, 1.82) is 0 Å². The highest BCUT2D eigenvalue weighted by molar-refractivity contribution is 4.54. The van der Waals surface area contributed by atoms with E-state index in [0.717, 1.165) is 12.8 Å². The normalized spacial score (nSPS) is 12.9. The van der Waals surface area contributed by atoms with Gasteiger partial charge in [-0.05, 0) is 12.8 Å². The van der Waals surface area contributed by atoms with Crippen LogP contribution in [0.15, 0.2) is 0 Å². The van der Waals surface area contributed by atoms with E-state index in [2.05, 4.69) is 18.7 Å². The molecule has 0 amide bonds. The van der Waals surface area contributed by atoms with Crippen molar-refractivity contribution in [2.45, 2.75) is 97.0 Å². The molecule has 0 radical (unpaired) electrons. The number of hydrogen-bond donors (Lipinski definition) is 1. The lowest BCUT2D eigenvalue weighted by Gasteiger charge is -2.09. The zero-order valence-electron chi connectivity index (χ0n) is 11.9. The van der Waals surface area contributed by atoms with Gasteiger partial charge in [0.2, 0.25) is 0 Å². The van der Waals surface area contributed by atoms with E-state index in [0.29, 0.717) is 0 Å². The van der Waals surface area contributed by atoms with Crippen molar-refractivity contribution in [1.82, 2.24) is 0 Å². The third-order valence-electron chi connectivity index (χ3n) is 3.48. The molecule has 0 fully saturated rings. The molecule has 1 unspecified atom stereocenters. The second kappa shape index (κ2) is 14.0. The Hall–Kier alpha value is -0.0800. The molecule has 0 bridgehead atoms. The molecule has 0 saturated heterocycles. The fraction of sp³-hybridized carbons (Fsp3) is 1.00. The molecule has 0 rings (SSSR count). The van der Waals surface area contributed by atoms with Gasteiger partial charge in [-0.2, -0.15) is 0 Å². The van der Waals surface area contributed by atoms with Crippen LogP contribution in [-0.4, -0.2) is 11.4 Å². The van der Waals surface area contributed by atoms with Gasteiger partial charge in [0.05, 0.1) is 6.10 Å². The van der Waals surface area contributed by atoms with Crippen molar-refractivity contribution in [3.63, 3.8) is 0 Å². The summed E-state index contributed by atoms with van der Waals surface area (Å²) in [5, 5.41) is 8.57. The predicted molar refractivity (Wildman–Crippen MR) is 74.3 cm³/mol. The first-order valence-electron chi connectivity index (χ1n) is 7.65. The molecule has 1 N–H and O–H groups in total. The zero-order chi connectivity index (χ0) is 12.8. The Labute approximate surface area is 108 Å². The Balaban J connectivity index is 3.03. The van der Waals surface area contributed by atoms with Crippen LogP contribution in [0.1, 0.15) is 90.9 Å². The average Bonchev–Trinajstić information content (AvgIpc) is 2.36. The highest BCUT2D eigenvalue weighted by atomic mass is 17.1. The lowest BCUT2D eigenvalue weighted by molar-refractivity contribution is -0.280. The van der Waals surface area contributed by atoms with Crippen LogP contribution in [0.25, 0.3) is 0 Å². The van der Waals surface area contributed by atoms with Gasteiger partial charge in [-0.25, -0.2) is 4.89 Å². The van der Waals surface area contributed by atoms with E-state index in [4.69, 9.17) is 5.26 Å². The molecule has 104 valence electrons. The van der Waals surface area contributed by atoms with Gasteiger partial charge in [0.1, 0.15) is 0 Å². The first kappa shape index (κ1) is 16.9. The predicted octanol–water partition coefficient (Wildman–Crippen LogP) is 5.57. The van der Waals surface area contributed by atoms with Crippen molar-refractivity contribution in [2.75, 3.05) is 0 Å². The van der Waals surface area contributed by atoms with Crippen molar-refractivity contribution < 1.29 is 10.1 Å². The van der Waals surface area contributed by atoms with Gasteiger partial charge in [-0.1, -0.05) is 78.1 Å². The Bertz CT molecular complexity index is 133. The van der Waals surface area contributed by atoms with E-state index in [-0.39, 0.29) is 6.10 Å². The highest BCUT2D eigenvalue weighted by Gasteiger charge is 2.04. The third kappa shape index (κ3) is 12.2. The Morgan fingerprint density at radius 3 is 1.65 bits per heavy atom. The summed E-state index contributed by atoms with van der Waals surface area (Å²) in [4.78, 5) is 4.38. The highest BCUT2D eigenvalue weighted by Crippen LogP contribution is 2.13. The minimum absolute atomic E-state index is 0.0593. The maximum atomic E-state index is 8.57. The molecule has 2 heteroatoms. The minimum atomic E-state index is 0.0593. The van der Waals surface area contributed by atoms with Crippen LogP contribution >= 0.6 is 0 Å². The van der Waals surface area contributed by atoms with Gasteiger partial charge in [0.25, 0.3) is 0 Å². The average molecular weight is 244 g/mol. The molecule has 0 aromatic carbocycles. The maximum absolute atomic E-state index is 8.57. The fourth-order valence-corrected chi connectivity index (χ4v) is 2.19. The molecule has 0 aromatic heterocycles. The summed E-state index contributed by atoms with van der Waals surface area (Å²) >= 11 is 0. The largest absolute Gasteiger partial charge is 0.252 e. The summed E-state index contributed by atoms with van der Waals surface area (Å²) in [7, 11) is 0. The van der Waals surface area contributed by atoms with Gasteiger partial charge >= 0.3 is 0 Å². The standard InChI is InChI=1S/C15H32O2/c1-3-5-6-7-8-9-10-11-12-13-14-15(4-2)17-16/h15-16H,3-14H2,1-2H3. The maximum Gasteiger partial charge on any atom is 0.0924 e. The molecule has 0 aromatic rings. The first-order chi connectivity index (χ1) is 8.35. The fourth-order valence-electron chi connectivity index (χ4n) is 2.19. The molecule has 0 spiro atoms. The second-order valence-corrected chi connectivity index (χ2v) is 5.11. The Kier molecular flexibility index (Phi) is 13.9. The van der Waals surface area contributed by atoms with Crippen molar-refractivity contribution >= 4 is 0 Å². The van der Waals surface area contributed by atoms with Crippen LogP contribution < -0.4 is 0 Å². The summed E-state index contributed by atoms with van der Waals surface area (Å²) in [6.07, 6.45) is 15.6. The third-order valence-corrected chi connectivity index (χ3v) is 3.48. The Morgan fingerprint density at radius 1 is 0.765 bits per heavy atom. The topological polar surface area (TPSA) is 29.5 Å².